The highest BCUT2D eigenvalue weighted by molar-refractivity contribution is 5.99. The van der Waals surface area contributed by atoms with E-state index in [1.165, 1.54) is 0 Å². The molecular formula is C16H30N2O3. The standard InChI is InChI=1S/C16H30N2O3/c1-11(2)10-21-9-8-18-13(19)12(15(3,4)5)17-14(20)16(18,6)7/h11-12H,8-10H2,1-7H3,(H,17,20). The second kappa shape index (κ2) is 6.34. The van der Waals surface area contributed by atoms with E-state index in [1.807, 2.05) is 20.8 Å². The van der Waals surface area contributed by atoms with E-state index < -0.39 is 11.6 Å². The maximum Gasteiger partial charge on any atom is 0.246 e. The Morgan fingerprint density at radius 3 is 2.33 bits per heavy atom. The number of nitrogens with one attached hydrogen (secondary N) is 1. The second-order valence-electron chi connectivity index (χ2n) is 7.79. The smallest absolute Gasteiger partial charge is 0.246 e. The highest BCUT2D eigenvalue weighted by Gasteiger charge is 2.49. The number of piperazine rings is 1. The zero-order valence-electron chi connectivity index (χ0n) is 14.4. The lowest BCUT2D eigenvalue weighted by molar-refractivity contribution is -0.159. The van der Waals surface area contributed by atoms with Gasteiger partial charge in [0.1, 0.15) is 11.6 Å². The minimum atomic E-state index is -0.833. The van der Waals surface area contributed by atoms with Crippen LogP contribution in [-0.4, -0.2) is 48.1 Å². The van der Waals surface area contributed by atoms with E-state index in [1.54, 1.807) is 18.7 Å². The van der Waals surface area contributed by atoms with Crippen molar-refractivity contribution in [3.63, 3.8) is 0 Å². The van der Waals surface area contributed by atoms with E-state index in [0.29, 0.717) is 25.7 Å². The van der Waals surface area contributed by atoms with Crippen molar-refractivity contribution in [2.45, 2.75) is 60.0 Å². The van der Waals surface area contributed by atoms with E-state index in [2.05, 4.69) is 19.2 Å². The summed E-state index contributed by atoms with van der Waals surface area (Å²) in [6, 6.07) is -0.483. The topological polar surface area (TPSA) is 58.6 Å². The number of carbonyl (C=O) groups excluding carboxylic acids is 2. The van der Waals surface area contributed by atoms with E-state index in [0.717, 1.165) is 0 Å². The molecule has 21 heavy (non-hydrogen) atoms. The summed E-state index contributed by atoms with van der Waals surface area (Å²) in [6.07, 6.45) is 0. The molecular weight excluding hydrogens is 268 g/mol. The first-order valence-electron chi connectivity index (χ1n) is 7.68. The minimum Gasteiger partial charge on any atom is -0.379 e. The van der Waals surface area contributed by atoms with Crippen LogP contribution in [0, 0.1) is 11.3 Å². The van der Waals surface area contributed by atoms with Crippen LogP contribution in [0.4, 0.5) is 0 Å². The molecule has 5 heteroatoms. The van der Waals surface area contributed by atoms with Gasteiger partial charge < -0.3 is 15.0 Å². The molecule has 0 aromatic heterocycles. The van der Waals surface area contributed by atoms with Gasteiger partial charge in [-0.05, 0) is 25.2 Å². The molecule has 122 valence electrons. The molecule has 1 saturated heterocycles. The molecule has 2 amide bonds. The summed E-state index contributed by atoms with van der Waals surface area (Å²) in [5.41, 5.74) is -1.14. The summed E-state index contributed by atoms with van der Waals surface area (Å²) >= 11 is 0. The molecule has 1 heterocycles. The predicted octanol–water partition coefficient (Wildman–Crippen LogP) is 1.81. The largest absolute Gasteiger partial charge is 0.379 e. The summed E-state index contributed by atoms with van der Waals surface area (Å²) in [4.78, 5) is 26.7. The number of hydrogen-bond donors (Lipinski definition) is 1. The molecule has 1 N–H and O–H groups in total. The predicted molar refractivity (Wildman–Crippen MR) is 82.8 cm³/mol. The van der Waals surface area contributed by atoms with Crippen LogP contribution in [0.5, 0.6) is 0 Å². The van der Waals surface area contributed by atoms with Gasteiger partial charge >= 0.3 is 0 Å². The lowest BCUT2D eigenvalue weighted by Crippen LogP contribution is -2.71. The third-order valence-electron chi connectivity index (χ3n) is 3.80. The molecule has 1 rings (SSSR count). The third kappa shape index (κ3) is 4.19. The molecule has 5 nitrogen and oxygen atoms in total. The molecule has 0 aromatic carbocycles. The molecule has 0 spiro atoms. The van der Waals surface area contributed by atoms with Gasteiger partial charge in [0.25, 0.3) is 0 Å². The zero-order chi connectivity index (χ0) is 16.4. The lowest BCUT2D eigenvalue weighted by atomic mass is 9.82. The third-order valence-corrected chi connectivity index (χ3v) is 3.80. The normalized spacial score (nSPS) is 22.7. The fraction of sp³-hybridized carbons (Fsp3) is 0.875. The Kier molecular flexibility index (Phi) is 5.42. The molecule has 0 saturated carbocycles. The van der Waals surface area contributed by atoms with Crippen LogP contribution in [0.15, 0.2) is 0 Å². The lowest BCUT2D eigenvalue weighted by Gasteiger charge is -2.47. The maximum atomic E-state index is 12.7. The molecule has 1 aliphatic rings. The quantitative estimate of drug-likeness (QED) is 0.788. The first kappa shape index (κ1) is 18.0. The van der Waals surface area contributed by atoms with Gasteiger partial charge in [-0.3, -0.25) is 9.59 Å². The Morgan fingerprint density at radius 1 is 1.29 bits per heavy atom. The fourth-order valence-electron chi connectivity index (χ4n) is 2.37. The van der Waals surface area contributed by atoms with Gasteiger partial charge in [0.2, 0.25) is 11.8 Å². The number of amides is 2. The first-order chi connectivity index (χ1) is 9.48. The Bertz CT molecular complexity index is 397. The fourth-order valence-corrected chi connectivity index (χ4v) is 2.37. The van der Waals surface area contributed by atoms with Crippen molar-refractivity contribution < 1.29 is 14.3 Å². The Hall–Kier alpha value is -1.10. The highest BCUT2D eigenvalue weighted by Crippen LogP contribution is 2.29. The highest BCUT2D eigenvalue weighted by atomic mass is 16.5. The van der Waals surface area contributed by atoms with Crippen LogP contribution < -0.4 is 5.32 Å². The van der Waals surface area contributed by atoms with Gasteiger partial charge in [-0.25, -0.2) is 0 Å². The SMILES string of the molecule is CC(C)COCCN1C(=O)C(C(C)(C)C)NC(=O)C1(C)C. The summed E-state index contributed by atoms with van der Waals surface area (Å²) in [5, 5.41) is 2.86. The van der Waals surface area contributed by atoms with Crippen molar-refractivity contribution in [1.82, 2.24) is 10.2 Å². The van der Waals surface area contributed by atoms with E-state index >= 15 is 0 Å². The minimum absolute atomic E-state index is 0.0275. The van der Waals surface area contributed by atoms with Crippen molar-refractivity contribution in [2.75, 3.05) is 19.8 Å². The van der Waals surface area contributed by atoms with Crippen LogP contribution in [0.1, 0.15) is 48.5 Å². The first-order valence-corrected chi connectivity index (χ1v) is 7.68. The van der Waals surface area contributed by atoms with Crippen molar-refractivity contribution in [2.24, 2.45) is 11.3 Å². The second-order valence-corrected chi connectivity index (χ2v) is 7.79. The van der Waals surface area contributed by atoms with Gasteiger partial charge in [-0.1, -0.05) is 34.6 Å². The number of nitrogens with zero attached hydrogens (tertiary/aromatic N) is 1. The molecule has 1 aliphatic heterocycles. The Morgan fingerprint density at radius 2 is 1.86 bits per heavy atom. The average Bonchev–Trinajstić information content (AvgIpc) is 2.31. The monoisotopic (exact) mass is 298 g/mol. The average molecular weight is 298 g/mol. The van der Waals surface area contributed by atoms with Gasteiger partial charge in [0.15, 0.2) is 0 Å². The van der Waals surface area contributed by atoms with Crippen molar-refractivity contribution >= 4 is 11.8 Å². The van der Waals surface area contributed by atoms with Crippen molar-refractivity contribution in [3.8, 4) is 0 Å². The van der Waals surface area contributed by atoms with Crippen LogP contribution in [-0.2, 0) is 14.3 Å². The van der Waals surface area contributed by atoms with Crippen LogP contribution >= 0.6 is 0 Å². The van der Waals surface area contributed by atoms with Gasteiger partial charge in [-0.2, -0.15) is 0 Å². The van der Waals surface area contributed by atoms with Crippen LogP contribution in [0.25, 0.3) is 0 Å². The van der Waals surface area contributed by atoms with Crippen molar-refractivity contribution in [1.29, 1.82) is 0 Å². The van der Waals surface area contributed by atoms with E-state index in [-0.39, 0.29) is 17.2 Å². The zero-order valence-corrected chi connectivity index (χ0v) is 14.4. The summed E-state index contributed by atoms with van der Waals surface area (Å²) in [6.45, 7) is 15.2. The molecule has 0 aliphatic carbocycles. The number of carbonyl (C=O) groups is 2. The van der Waals surface area contributed by atoms with Crippen LogP contribution in [0.3, 0.4) is 0 Å². The summed E-state index contributed by atoms with van der Waals surface area (Å²) < 4.78 is 5.57. The Balaban J connectivity index is 2.80. The van der Waals surface area contributed by atoms with E-state index in [4.69, 9.17) is 4.74 Å². The number of rotatable bonds is 5. The molecule has 1 fully saturated rings. The summed E-state index contributed by atoms with van der Waals surface area (Å²) in [5.74, 6) is 0.326. The molecule has 1 atom stereocenters. The molecule has 0 radical (unpaired) electrons. The van der Waals surface area contributed by atoms with Crippen LogP contribution in [0.2, 0.25) is 0 Å². The van der Waals surface area contributed by atoms with E-state index in [9.17, 15) is 9.59 Å². The molecule has 0 aromatic rings. The maximum absolute atomic E-state index is 12.7. The van der Waals surface area contributed by atoms with Crippen molar-refractivity contribution in [3.05, 3.63) is 0 Å². The Labute approximate surface area is 128 Å². The van der Waals surface area contributed by atoms with Gasteiger partial charge in [0, 0.05) is 13.2 Å². The molecule has 0 bridgehead atoms. The number of hydrogen-bond acceptors (Lipinski definition) is 3. The summed E-state index contributed by atoms with van der Waals surface area (Å²) in [7, 11) is 0. The number of ether oxygens (including phenoxy) is 1. The van der Waals surface area contributed by atoms with Gasteiger partial charge in [0.05, 0.1) is 6.61 Å². The van der Waals surface area contributed by atoms with Gasteiger partial charge in [-0.15, -0.1) is 0 Å². The molecule has 1 unspecified atom stereocenters.